The predicted octanol–water partition coefficient (Wildman–Crippen LogP) is 2.34. The summed E-state index contributed by atoms with van der Waals surface area (Å²) in [6.07, 6.45) is 0.499. The van der Waals surface area contributed by atoms with Gasteiger partial charge in [0.25, 0.3) is 0 Å². The highest BCUT2D eigenvalue weighted by molar-refractivity contribution is 5.52. The lowest BCUT2D eigenvalue weighted by molar-refractivity contribution is -0.137. The van der Waals surface area contributed by atoms with E-state index in [1.807, 2.05) is 0 Å². The number of hydrogen-bond donors (Lipinski definition) is 2. The summed E-state index contributed by atoms with van der Waals surface area (Å²) in [5.74, 6) is 0.366. The number of halogens is 3. The third-order valence-electron chi connectivity index (χ3n) is 2.21. The largest absolute Gasteiger partial charge is 0.416 e. The highest BCUT2D eigenvalue weighted by atomic mass is 19.4. The van der Waals surface area contributed by atoms with Gasteiger partial charge in [0, 0.05) is 6.20 Å². The van der Waals surface area contributed by atoms with Crippen molar-refractivity contribution in [2.45, 2.75) is 6.18 Å². The number of benzene rings is 1. The number of hydrazine groups is 1. The molecular formula is C11H10F3N3. The van der Waals surface area contributed by atoms with E-state index in [0.717, 1.165) is 12.1 Å². The highest BCUT2D eigenvalue weighted by Crippen LogP contribution is 2.31. The zero-order valence-corrected chi connectivity index (χ0v) is 8.70. The van der Waals surface area contributed by atoms with Crippen LogP contribution in [0.1, 0.15) is 5.56 Å². The number of allylic oxidation sites excluding steroid dienone is 2. The van der Waals surface area contributed by atoms with Gasteiger partial charge in [-0.15, -0.1) is 0 Å². The molecule has 1 aliphatic rings. The molecule has 6 heteroatoms. The molecule has 0 aromatic heterocycles. The average Bonchev–Trinajstić information content (AvgIpc) is 2.28. The third-order valence-corrected chi connectivity index (χ3v) is 2.21. The quantitative estimate of drug-likeness (QED) is 0.793. The van der Waals surface area contributed by atoms with Crippen molar-refractivity contribution in [1.29, 1.82) is 0 Å². The van der Waals surface area contributed by atoms with E-state index in [2.05, 4.69) is 5.43 Å². The van der Waals surface area contributed by atoms with Crippen molar-refractivity contribution in [3.05, 3.63) is 54.0 Å². The topological polar surface area (TPSA) is 41.3 Å². The first kappa shape index (κ1) is 11.4. The lowest BCUT2D eigenvalue weighted by Crippen LogP contribution is -2.37. The van der Waals surface area contributed by atoms with Crippen molar-refractivity contribution in [2.75, 3.05) is 5.01 Å². The summed E-state index contributed by atoms with van der Waals surface area (Å²) in [6.45, 7) is 0. The number of nitrogens with two attached hydrogens (primary N) is 1. The standard InChI is InChI=1S/C11H10F3N3/c12-11(13,14)8-3-1-4-9(7-8)17-6-2-5-10(15)16-17/h1-7,16H,15H2. The molecule has 0 spiro atoms. The summed E-state index contributed by atoms with van der Waals surface area (Å²) in [6, 6.07) is 4.99. The second kappa shape index (κ2) is 4.04. The van der Waals surface area contributed by atoms with Crippen LogP contribution in [-0.2, 0) is 6.18 Å². The number of nitrogens with one attached hydrogen (secondary N) is 1. The van der Waals surface area contributed by atoms with Crippen molar-refractivity contribution in [1.82, 2.24) is 5.43 Å². The van der Waals surface area contributed by atoms with Crippen LogP contribution in [0.4, 0.5) is 18.9 Å². The fourth-order valence-electron chi connectivity index (χ4n) is 1.43. The van der Waals surface area contributed by atoms with E-state index in [1.54, 1.807) is 24.4 Å². The Morgan fingerprint density at radius 2 is 2.00 bits per heavy atom. The molecule has 0 saturated carbocycles. The van der Waals surface area contributed by atoms with E-state index in [-0.39, 0.29) is 0 Å². The maximum atomic E-state index is 12.5. The van der Waals surface area contributed by atoms with E-state index in [0.29, 0.717) is 11.5 Å². The van der Waals surface area contributed by atoms with Gasteiger partial charge in [-0.3, -0.25) is 10.4 Å². The van der Waals surface area contributed by atoms with Crippen molar-refractivity contribution >= 4 is 5.69 Å². The van der Waals surface area contributed by atoms with Crippen LogP contribution >= 0.6 is 0 Å². The summed E-state index contributed by atoms with van der Waals surface area (Å²) >= 11 is 0. The summed E-state index contributed by atoms with van der Waals surface area (Å²) in [7, 11) is 0. The number of hydrogen-bond acceptors (Lipinski definition) is 3. The number of anilines is 1. The molecule has 1 heterocycles. The Balaban J connectivity index is 2.29. The first-order valence-electron chi connectivity index (χ1n) is 4.84. The molecule has 0 atom stereocenters. The van der Waals surface area contributed by atoms with Gasteiger partial charge in [-0.25, -0.2) is 0 Å². The molecule has 0 radical (unpaired) electrons. The first-order valence-corrected chi connectivity index (χ1v) is 4.84. The van der Waals surface area contributed by atoms with Crippen molar-refractivity contribution in [3.63, 3.8) is 0 Å². The minimum Gasteiger partial charge on any atom is -0.384 e. The van der Waals surface area contributed by atoms with Crippen LogP contribution in [0.3, 0.4) is 0 Å². The van der Waals surface area contributed by atoms with Gasteiger partial charge in [-0.2, -0.15) is 13.2 Å². The Labute approximate surface area is 96.0 Å². The van der Waals surface area contributed by atoms with E-state index in [4.69, 9.17) is 5.73 Å². The van der Waals surface area contributed by atoms with Crippen molar-refractivity contribution in [2.24, 2.45) is 5.73 Å². The monoisotopic (exact) mass is 241 g/mol. The fraction of sp³-hybridized carbons (Fsp3) is 0.0909. The van der Waals surface area contributed by atoms with E-state index < -0.39 is 11.7 Å². The van der Waals surface area contributed by atoms with Crippen LogP contribution in [0.2, 0.25) is 0 Å². The van der Waals surface area contributed by atoms with Crippen molar-refractivity contribution < 1.29 is 13.2 Å². The Morgan fingerprint density at radius 1 is 1.24 bits per heavy atom. The Morgan fingerprint density at radius 3 is 2.65 bits per heavy atom. The van der Waals surface area contributed by atoms with E-state index in [9.17, 15) is 13.2 Å². The Bertz CT molecular complexity index is 477. The molecule has 0 amide bonds. The molecule has 0 saturated heterocycles. The van der Waals surface area contributed by atoms with Crippen LogP contribution in [0.25, 0.3) is 0 Å². The van der Waals surface area contributed by atoms with Crippen LogP contribution in [0.15, 0.2) is 48.4 Å². The maximum absolute atomic E-state index is 12.5. The van der Waals surface area contributed by atoms with Crippen LogP contribution in [-0.4, -0.2) is 0 Å². The van der Waals surface area contributed by atoms with Gasteiger partial charge in [-0.1, -0.05) is 6.07 Å². The second-order valence-corrected chi connectivity index (χ2v) is 3.49. The molecule has 1 aromatic carbocycles. The zero-order chi connectivity index (χ0) is 12.5. The molecule has 3 nitrogen and oxygen atoms in total. The van der Waals surface area contributed by atoms with E-state index in [1.165, 1.54) is 11.1 Å². The van der Waals surface area contributed by atoms with Crippen LogP contribution in [0.5, 0.6) is 0 Å². The van der Waals surface area contributed by atoms with Crippen LogP contribution < -0.4 is 16.2 Å². The minimum absolute atomic E-state index is 0.366. The third kappa shape index (κ3) is 2.52. The lowest BCUT2D eigenvalue weighted by atomic mass is 10.2. The van der Waals surface area contributed by atoms with Gasteiger partial charge < -0.3 is 5.73 Å². The molecule has 1 aromatic rings. The normalized spacial score (nSPS) is 15.5. The van der Waals surface area contributed by atoms with Gasteiger partial charge in [0.1, 0.15) is 5.82 Å². The number of alkyl halides is 3. The van der Waals surface area contributed by atoms with Gasteiger partial charge in [-0.05, 0) is 30.4 Å². The predicted molar refractivity (Wildman–Crippen MR) is 58.5 cm³/mol. The lowest BCUT2D eigenvalue weighted by Gasteiger charge is -2.25. The zero-order valence-electron chi connectivity index (χ0n) is 8.70. The van der Waals surface area contributed by atoms with Crippen LogP contribution in [0, 0.1) is 0 Å². The molecule has 0 fully saturated rings. The second-order valence-electron chi connectivity index (χ2n) is 3.49. The molecule has 0 unspecified atom stereocenters. The smallest absolute Gasteiger partial charge is 0.384 e. The van der Waals surface area contributed by atoms with Gasteiger partial charge >= 0.3 is 6.18 Å². The van der Waals surface area contributed by atoms with Gasteiger partial charge in [0.05, 0.1) is 11.3 Å². The molecular weight excluding hydrogens is 231 g/mol. The SMILES string of the molecule is NC1=CC=CN(c2cccc(C(F)(F)F)c2)N1. The van der Waals surface area contributed by atoms with E-state index >= 15 is 0 Å². The Hall–Kier alpha value is -2.11. The molecule has 2 rings (SSSR count). The minimum atomic E-state index is -4.35. The average molecular weight is 241 g/mol. The van der Waals surface area contributed by atoms with Crippen molar-refractivity contribution in [3.8, 4) is 0 Å². The summed E-state index contributed by atoms with van der Waals surface area (Å²) in [4.78, 5) is 0. The molecule has 3 N–H and O–H groups in total. The fourth-order valence-corrected chi connectivity index (χ4v) is 1.43. The molecule has 0 aliphatic carbocycles. The molecule has 0 bridgehead atoms. The molecule has 17 heavy (non-hydrogen) atoms. The summed E-state index contributed by atoms with van der Waals surface area (Å²) < 4.78 is 37.6. The highest BCUT2D eigenvalue weighted by Gasteiger charge is 2.30. The summed E-state index contributed by atoms with van der Waals surface area (Å²) in [5, 5.41) is 1.42. The van der Waals surface area contributed by atoms with Gasteiger partial charge in [0.15, 0.2) is 0 Å². The summed E-state index contributed by atoms with van der Waals surface area (Å²) in [5.41, 5.74) is 7.92. The van der Waals surface area contributed by atoms with Gasteiger partial charge in [0.2, 0.25) is 0 Å². The molecule has 90 valence electrons. The Kier molecular flexibility index (Phi) is 2.71. The first-order chi connectivity index (χ1) is 7.97. The number of rotatable bonds is 1. The number of nitrogens with zero attached hydrogens (tertiary/aromatic N) is 1. The molecule has 1 aliphatic heterocycles. The maximum Gasteiger partial charge on any atom is 0.416 e.